The first-order valence-electron chi connectivity index (χ1n) is 12.1. The van der Waals surface area contributed by atoms with Crippen LogP contribution in [0.15, 0.2) is 53.6 Å². The van der Waals surface area contributed by atoms with Crippen LogP contribution in [0.5, 0.6) is 0 Å². The molecule has 0 unspecified atom stereocenters. The second-order valence-electron chi connectivity index (χ2n) is 6.87. The number of primary sulfonamides is 1. The van der Waals surface area contributed by atoms with Crippen LogP contribution in [0, 0.1) is 13.8 Å². The van der Waals surface area contributed by atoms with Crippen molar-refractivity contribution in [3.05, 3.63) is 59.9 Å². The number of fused-ring (bicyclic) bond motifs is 1. The second kappa shape index (κ2) is 7.64. The molecule has 0 spiro atoms. The second-order valence-corrected chi connectivity index (χ2v) is 8.40. The average molecular weight is 444 g/mol. The Hall–Kier alpha value is -3.50. The highest BCUT2D eigenvalue weighted by Crippen LogP contribution is 2.28. The van der Waals surface area contributed by atoms with E-state index in [9.17, 15) is 8.42 Å². The lowest BCUT2D eigenvalue weighted by molar-refractivity contribution is 0.597. The van der Waals surface area contributed by atoms with E-state index in [1.165, 1.54) is 18.3 Å². The van der Waals surface area contributed by atoms with Gasteiger partial charge in [-0.2, -0.15) is 10.1 Å². The smallest absolute Gasteiger partial charge is 0.238 e. The van der Waals surface area contributed by atoms with Crippen LogP contribution in [0.2, 0.25) is 0 Å². The molecule has 0 bridgehead atoms. The summed E-state index contributed by atoms with van der Waals surface area (Å²) in [6.07, 6.45) is 1.34. The number of rotatable bonds is 5. The number of hydrogen-bond donors (Lipinski definition) is 2. The number of sulfonamides is 1. The monoisotopic (exact) mass is 443 g/mol. The van der Waals surface area contributed by atoms with Gasteiger partial charge in [0, 0.05) is 50.9 Å². The molecule has 3 N–H and O–H groups in total. The highest BCUT2D eigenvalue weighted by Gasteiger charge is 2.14. The Morgan fingerprint density at radius 2 is 2.03 bits per heavy atom. The molecule has 0 aliphatic rings. The maximum absolute atomic E-state index is 12.0. The van der Waals surface area contributed by atoms with Crippen molar-refractivity contribution in [2.24, 2.45) is 12.2 Å². The zero-order chi connectivity index (χ0) is 27.3. The zero-order valence-corrected chi connectivity index (χ0v) is 17.5. The molecule has 0 saturated carbocycles. The van der Waals surface area contributed by atoms with Gasteiger partial charge in [0.05, 0.1) is 10.4 Å². The summed E-state index contributed by atoms with van der Waals surface area (Å²) in [5.74, 6) is -0.0150. The Bertz CT molecular complexity index is 1600. The van der Waals surface area contributed by atoms with Crippen molar-refractivity contribution in [2.45, 2.75) is 18.7 Å². The molecule has 9 nitrogen and oxygen atoms in total. The normalized spacial score (nSPS) is 15.3. The van der Waals surface area contributed by atoms with Crippen LogP contribution < -0.4 is 15.4 Å². The highest BCUT2D eigenvalue weighted by molar-refractivity contribution is 7.89. The van der Waals surface area contributed by atoms with E-state index >= 15 is 0 Å². The minimum atomic E-state index is -4.36. The summed E-state index contributed by atoms with van der Waals surface area (Å²) < 4.78 is 72.8. The van der Waals surface area contributed by atoms with Crippen molar-refractivity contribution >= 4 is 44.1 Å². The van der Waals surface area contributed by atoms with E-state index < -0.39 is 34.3 Å². The van der Waals surface area contributed by atoms with Gasteiger partial charge in [0.25, 0.3) is 0 Å². The molecule has 2 aromatic carbocycles. The first-order chi connectivity index (χ1) is 17.1. The number of benzene rings is 2. The molecule has 0 aliphatic heterocycles. The van der Waals surface area contributed by atoms with E-state index in [4.69, 9.17) is 13.4 Å². The SMILES string of the molecule is [2H]C([2H])([2H])c1ccc(Nc2nccc(N(c3ccc4c(C)n(C)nc4c3)C([2H])([2H])[2H])n2)cc1S(N)(=O)=O. The van der Waals surface area contributed by atoms with E-state index in [1.807, 2.05) is 6.92 Å². The average Bonchev–Trinajstić information content (AvgIpc) is 3.05. The van der Waals surface area contributed by atoms with Gasteiger partial charge in [0.1, 0.15) is 5.82 Å². The van der Waals surface area contributed by atoms with Crippen LogP contribution in [-0.2, 0) is 17.1 Å². The maximum Gasteiger partial charge on any atom is 0.238 e. The molecule has 0 amide bonds. The van der Waals surface area contributed by atoms with Gasteiger partial charge < -0.3 is 10.2 Å². The Kier molecular flexibility index (Phi) is 3.57. The minimum Gasteiger partial charge on any atom is -0.329 e. The van der Waals surface area contributed by atoms with Crippen LogP contribution in [0.25, 0.3) is 10.9 Å². The summed E-state index contributed by atoms with van der Waals surface area (Å²) in [5.41, 5.74) is 1.58. The maximum atomic E-state index is 12.0. The van der Waals surface area contributed by atoms with Gasteiger partial charge in [-0.3, -0.25) is 4.68 Å². The van der Waals surface area contributed by atoms with Crippen molar-refractivity contribution in [1.29, 1.82) is 0 Å². The van der Waals surface area contributed by atoms with Gasteiger partial charge >= 0.3 is 0 Å². The summed E-state index contributed by atoms with van der Waals surface area (Å²) in [6.45, 7) is -3.42. The Morgan fingerprint density at radius 1 is 1.19 bits per heavy atom. The molecule has 4 aromatic rings. The van der Waals surface area contributed by atoms with Gasteiger partial charge in [-0.15, -0.1) is 0 Å². The fraction of sp³-hybridized carbons (Fsp3) is 0.190. The molecule has 2 heterocycles. The number of hydrogen-bond acceptors (Lipinski definition) is 7. The molecular weight excluding hydrogens is 414 g/mol. The Balaban J connectivity index is 1.74. The van der Waals surface area contributed by atoms with Crippen molar-refractivity contribution in [3.8, 4) is 0 Å². The first-order valence-corrected chi connectivity index (χ1v) is 10.6. The lowest BCUT2D eigenvalue weighted by Gasteiger charge is -2.19. The lowest BCUT2D eigenvalue weighted by Crippen LogP contribution is -2.14. The molecule has 160 valence electrons. The Morgan fingerprint density at radius 3 is 2.77 bits per heavy atom. The summed E-state index contributed by atoms with van der Waals surface area (Å²) in [6, 6.07) is 10.0. The predicted molar refractivity (Wildman–Crippen MR) is 121 cm³/mol. The molecule has 0 atom stereocenters. The van der Waals surface area contributed by atoms with Gasteiger partial charge in [0.2, 0.25) is 16.0 Å². The third-order valence-corrected chi connectivity index (χ3v) is 5.74. The molecule has 0 saturated heterocycles. The summed E-state index contributed by atoms with van der Waals surface area (Å²) in [5, 5.41) is 13.3. The Labute approximate surface area is 189 Å². The van der Waals surface area contributed by atoms with Crippen LogP contribution in [-0.4, -0.2) is 35.1 Å². The fourth-order valence-electron chi connectivity index (χ4n) is 3.09. The standard InChI is InChI=1S/C21H23N7O2S/c1-13-5-6-15(11-19(13)31(22,29)30)24-21-23-10-9-20(25-21)27(3)16-7-8-17-14(2)28(4)26-18(17)12-16/h5-12H,1-4H3,(H2,22,29,30)(H,23,24,25)/i1D3,3D3. The van der Waals surface area contributed by atoms with Crippen LogP contribution in [0.1, 0.15) is 19.5 Å². The quantitative estimate of drug-likeness (QED) is 0.486. The van der Waals surface area contributed by atoms with Crippen LogP contribution >= 0.6 is 0 Å². The number of nitrogens with zero attached hydrogens (tertiary/aromatic N) is 5. The van der Waals surface area contributed by atoms with Crippen molar-refractivity contribution in [2.75, 3.05) is 17.2 Å². The zero-order valence-electron chi connectivity index (χ0n) is 22.7. The number of nitrogens with two attached hydrogens (primary N) is 1. The molecule has 0 radical (unpaired) electrons. The minimum absolute atomic E-state index is 0.0373. The molecule has 31 heavy (non-hydrogen) atoms. The van der Waals surface area contributed by atoms with E-state index in [0.29, 0.717) is 11.2 Å². The van der Waals surface area contributed by atoms with E-state index in [1.54, 1.807) is 29.9 Å². The van der Waals surface area contributed by atoms with Crippen molar-refractivity contribution in [1.82, 2.24) is 19.7 Å². The van der Waals surface area contributed by atoms with Crippen molar-refractivity contribution in [3.63, 3.8) is 0 Å². The topological polar surface area (TPSA) is 119 Å². The first kappa shape index (κ1) is 14.5. The summed E-state index contributed by atoms with van der Waals surface area (Å²) in [4.78, 5) is 8.86. The number of anilines is 4. The number of nitrogens with one attached hydrogen (secondary N) is 1. The number of aryl methyl sites for hydroxylation is 3. The summed E-state index contributed by atoms with van der Waals surface area (Å²) >= 11 is 0. The lowest BCUT2D eigenvalue weighted by atomic mass is 10.2. The third kappa shape index (κ3) is 4.07. The predicted octanol–water partition coefficient (Wildman–Crippen LogP) is 3.14. The fourth-order valence-corrected chi connectivity index (χ4v) is 3.76. The van der Waals surface area contributed by atoms with Crippen LogP contribution in [0.4, 0.5) is 23.1 Å². The van der Waals surface area contributed by atoms with Crippen LogP contribution in [0.3, 0.4) is 0 Å². The van der Waals surface area contributed by atoms with Gasteiger partial charge in [0.15, 0.2) is 0 Å². The van der Waals surface area contributed by atoms with E-state index in [2.05, 4.69) is 20.4 Å². The highest BCUT2D eigenvalue weighted by atomic mass is 32.2. The largest absolute Gasteiger partial charge is 0.329 e. The van der Waals surface area contributed by atoms with Gasteiger partial charge in [-0.25, -0.2) is 18.5 Å². The molecule has 10 heteroatoms. The van der Waals surface area contributed by atoms with E-state index in [0.717, 1.165) is 28.1 Å². The molecule has 2 aromatic heterocycles. The molecular formula is C21H23N7O2S. The summed E-state index contributed by atoms with van der Waals surface area (Å²) in [7, 11) is -2.56. The molecule has 0 aliphatic carbocycles. The molecule has 4 rings (SSSR count). The van der Waals surface area contributed by atoms with Crippen molar-refractivity contribution < 1.29 is 16.6 Å². The van der Waals surface area contributed by atoms with Gasteiger partial charge in [-0.1, -0.05) is 6.07 Å². The third-order valence-electron chi connectivity index (χ3n) is 4.79. The number of aromatic nitrogens is 4. The van der Waals surface area contributed by atoms with Gasteiger partial charge in [-0.05, 0) is 55.7 Å². The molecule has 0 fully saturated rings. The van der Waals surface area contributed by atoms with E-state index in [-0.39, 0.29) is 17.5 Å².